The summed E-state index contributed by atoms with van der Waals surface area (Å²) in [5, 5.41) is 10.4. The predicted octanol–water partition coefficient (Wildman–Crippen LogP) is 4.38. The highest BCUT2D eigenvalue weighted by Gasteiger charge is 2.16. The average molecular weight is 322 g/mol. The Morgan fingerprint density at radius 1 is 1.31 bits per heavy atom. The molecule has 1 atom stereocenters. The first-order valence-electron chi connectivity index (χ1n) is 4.46. The summed E-state index contributed by atoms with van der Waals surface area (Å²) in [6.45, 7) is 0. The zero-order valence-electron chi connectivity index (χ0n) is 7.95. The minimum absolute atomic E-state index is 0.360. The number of hydrogen-bond acceptors (Lipinski definition) is 2. The largest absolute Gasteiger partial charge is 0.383 e. The Morgan fingerprint density at radius 2 is 2.06 bits per heavy atom. The number of benzene rings is 1. The summed E-state index contributed by atoms with van der Waals surface area (Å²) < 4.78 is 14.0. The van der Waals surface area contributed by atoms with Crippen molar-refractivity contribution in [1.29, 1.82) is 0 Å². The quantitative estimate of drug-likeness (QED) is 0.870. The number of rotatable bonds is 2. The molecule has 16 heavy (non-hydrogen) atoms. The monoisotopic (exact) mass is 320 g/mol. The van der Waals surface area contributed by atoms with E-state index in [0.29, 0.717) is 10.6 Å². The highest BCUT2D eigenvalue weighted by molar-refractivity contribution is 9.11. The predicted molar refractivity (Wildman–Crippen MR) is 67.5 cm³/mol. The maximum absolute atomic E-state index is 13.1. The molecule has 0 aliphatic rings. The minimum Gasteiger partial charge on any atom is -0.383 e. The van der Waals surface area contributed by atoms with Gasteiger partial charge in [-0.05, 0) is 46.3 Å². The van der Waals surface area contributed by atoms with Crippen LogP contribution in [0.25, 0.3) is 0 Å². The fourth-order valence-corrected chi connectivity index (χ4v) is 3.00. The van der Waals surface area contributed by atoms with Gasteiger partial charge in [0, 0.05) is 15.5 Å². The van der Waals surface area contributed by atoms with Gasteiger partial charge in [0.25, 0.3) is 0 Å². The van der Waals surface area contributed by atoms with Gasteiger partial charge in [0.15, 0.2) is 0 Å². The first-order chi connectivity index (χ1) is 7.58. The molecule has 0 saturated carbocycles. The summed E-state index contributed by atoms with van der Waals surface area (Å²) in [6.07, 6.45) is -0.889. The summed E-state index contributed by atoms with van der Waals surface area (Å²) >= 11 is 10.6. The van der Waals surface area contributed by atoms with Gasteiger partial charge in [-0.15, -0.1) is 11.3 Å². The van der Waals surface area contributed by atoms with Crippen LogP contribution in [0.4, 0.5) is 4.39 Å². The van der Waals surface area contributed by atoms with E-state index >= 15 is 0 Å². The van der Waals surface area contributed by atoms with Crippen LogP contribution in [0.5, 0.6) is 0 Å². The van der Waals surface area contributed by atoms with Gasteiger partial charge < -0.3 is 5.11 Å². The van der Waals surface area contributed by atoms with E-state index in [9.17, 15) is 9.50 Å². The van der Waals surface area contributed by atoms with Crippen LogP contribution in [0.3, 0.4) is 0 Å². The van der Waals surface area contributed by atoms with Crippen LogP contribution in [0.1, 0.15) is 16.5 Å². The van der Waals surface area contributed by atoms with Crippen molar-refractivity contribution in [2.45, 2.75) is 6.10 Å². The van der Waals surface area contributed by atoms with Crippen molar-refractivity contribution in [1.82, 2.24) is 0 Å². The fraction of sp³-hybridized carbons (Fsp3) is 0.0909. The van der Waals surface area contributed by atoms with E-state index in [0.717, 1.165) is 8.66 Å². The molecule has 1 aromatic heterocycles. The molecule has 0 amide bonds. The van der Waals surface area contributed by atoms with Crippen LogP contribution in [0.2, 0.25) is 5.02 Å². The van der Waals surface area contributed by atoms with Crippen LogP contribution < -0.4 is 0 Å². The average Bonchev–Trinajstić information content (AvgIpc) is 2.67. The maximum Gasteiger partial charge on any atom is 0.123 e. The van der Waals surface area contributed by atoms with Crippen molar-refractivity contribution in [3.05, 3.63) is 55.4 Å². The van der Waals surface area contributed by atoms with E-state index in [1.807, 2.05) is 6.07 Å². The Morgan fingerprint density at radius 3 is 2.69 bits per heavy atom. The summed E-state index contributed by atoms with van der Waals surface area (Å²) in [7, 11) is 0. The first-order valence-corrected chi connectivity index (χ1v) is 6.45. The smallest absolute Gasteiger partial charge is 0.123 e. The van der Waals surface area contributed by atoms with Gasteiger partial charge in [-0.2, -0.15) is 0 Å². The van der Waals surface area contributed by atoms with Crippen molar-refractivity contribution in [2.24, 2.45) is 0 Å². The second-order valence-corrected chi connectivity index (χ2v) is 6.11. The van der Waals surface area contributed by atoms with Gasteiger partial charge in [-0.3, -0.25) is 0 Å². The molecule has 2 rings (SSSR count). The number of aliphatic hydroxyl groups excluding tert-OH is 1. The van der Waals surface area contributed by atoms with E-state index in [1.165, 1.54) is 29.5 Å². The number of halogens is 3. The third-order valence-electron chi connectivity index (χ3n) is 2.12. The Hall–Kier alpha value is -0.420. The third kappa shape index (κ3) is 2.46. The number of aliphatic hydroxyl groups is 1. The van der Waals surface area contributed by atoms with Gasteiger partial charge in [0.05, 0.1) is 3.79 Å². The topological polar surface area (TPSA) is 20.2 Å². The Labute approximate surface area is 110 Å². The Kier molecular flexibility index (Phi) is 3.64. The van der Waals surface area contributed by atoms with Crippen molar-refractivity contribution in [3.63, 3.8) is 0 Å². The van der Waals surface area contributed by atoms with E-state index in [1.54, 1.807) is 6.07 Å². The lowest BCUT2D eigenvalue weighted by Gasteiger charge is -2.10. The molecule has 1 aromatic carbocycles. The summed E-state index contributed by atoms with van der Waals surface area (Å²) in [5.74, 6) is -0.408. The zero-order valence-corrected chi connectivity index (χ0v) is 11.1. The molecular formula is C11H7BrClFOS. The molecule has 5 heteroatoms. The van der Waals surface area contributed by atoms with Crippen molar-refractivity contribution >= 4 is 38.9 Å². The molecule has 2 aromatic rings. The standard InChI is InChI=1S/C11H7BrClFOS/c12-10-4-3-9(16-10)11(15)7-5-6(14)1-2-8(7)13/h1-5,11,15H. The second-order valence-electron chi connectivity index (χ2n) is 3.21. The van der Waals surface area contributed by atoms with Crippen LogP contribution in [-0.2, 0) is 0 Å². The van der Waals surface area contributed by atoms with Gasteiger partial charge in [0.2, 0.25) is 0 Å². The van der Waals surface area contributed by atoms with E-state index in [2.05, 4.69) is 15.9 Å². The van der Waals surface area contributed by atoms with Crippen molar-refractivity contribution in [2.75, 3.05) is 0 Å². The molecule has 0 radical (unpaired) electrons. The SMILES string of the molecule is OC(c1ccc(Br)s1)c1cc(F)ccc1Cl. The molecule has 0 aliphatic carbocycles. The van der Waals surface area contributed by atoms with Gasteiger partial charge in [-0.1, -0.05) is 11.6 Å². The number of thiophene rings is 1. The number of hydrogen-bond donors (Lipinski definition) is 1. The molecule has 0 fully saturated rings. The van der Waals surface area contributed by atoms with Crippen LogP contribution in [-0.4, -0.2) is 5.11 Å². The lowest BCUT2D eigenvalue weighted by atomic mass is 10.1. The third-order valence-corrected chi connectivity index (χ3v) is 4.14. The molecule has 1 N–H and O–H groups in total. The molecule has 84 valence electrons. The van der Waals surface area contributed by atoms with E-state index in [4.69, 9.17) is 11.6 Å². The molecule has 0 bridgehead atoms. The molecule has 0 saturated heterocycles. The molecule has 1 nitrogen and oxygen atoms in total. The highest BCUT2D eigenvalue weighted by atomic mass is 79.9. The maximum atomic E-state index is 13.1. The van der Waals surface area contributed by atoms with Crippen molar-refractivity contribution < 1.29 is 9.50 Å². The summed E-state index contributed by atoms with van der Waals surface area (Å²) in [6, 6.07) is 7.57. The van der Waals surface area contributed by atoms with Crippen LogP contribution in [0, 0.1) is 5.82 Å². The fourth-order valence-electron chi connectivity index (χ4n) is 1.35. The molecule has 0 spiro atoms. The van der Waals surface area contributed by atoms with Gasteiger partial charge in [0.1, 0.15) is 11.9 Å². The second kappa shape index (κ2) is 4.84. The van der Waals surface area contributed by atoms with E-state index in [-0.39, 0.29) is 0 Å². The zero-order chi connectivity index (χ0) is 11.7. The van der Waals surface area contributed by atoms with E-state index < -0.39 is 11.9 Å². The Bertz CT molecular complexity index is 514. The normalized spacial score (nSPS) is 12.8. The van der Waals surface area contributed by atoms with Crippen LogP contribution in [0.15, 0.2) is 34.1 Å². The molecule has 0 aliphatic heterocycles. The van der Waals surface area contributed by atoms with Crippen LogP contribution >= 0.6 is 38.9 Å². The molecule has 1 unspecified atom stereocenters. The molecular weight excluding hydrogens is 315 g/mol. The molecule has 1 heterocycles. The lowest BCUT2D eigenvalue weighted by Crippen LogP contribution is -1.98. The first kappa shape index (κ1) is 12.0. The lowest BCUT2D eigenvalue weighted by molar-refractivity contribution is 0.224. The van der Waals surface area contributed by atoms with Gasteiger partial charge in [-0.25, -0.2) is 4.39 Å². The van der Waals surface area contributed by atoms with Gasteiger partial charge >= 0.3 is 0 Å². The summed E-state index contributed by atoms with van der Waals surface area (Å²) in [5.41, 5.74) is 0.385. The minimum atomic E-state index is -0.889. The van der Waals surface area contributed by atoms with Crippen molar-refractivity contribution in [3.8, 4) is 0 Å². The Balaban J connectivity index is 2.40. The highest BCUT2D eigenvalue weighted by Crippen LogP contribution is 2.34. The summed E-state index contributed by atoms with van der Waals surface area (Å²) in [4.78, 5) is 0.722.